The van der Waals surface area contributed by atoms with E-state index >= 15 is 0 Å². The number of carbonyl (C=O) groups excluding carboxylic acids is 1. The average Bonchev–Trinajstić information content (AvgIpc) is 2.88. The molecule has 2 N–H and O–H groups in total. The lowest BCUT2D eigenvalue weighted by atomic mass is 10.1. The van der Waals surface area contributed by atoms with E-state index in [9.17, 15) is 9.59 Å². The average molecular weight is 389 g/mol. The molecule has 0 saturated carbocycles. The molecule has 0 aliphatic carbocycles. The molecule has 108 valence electrons. The summed E-state index contributed by atoms with van der Waals surface area (Å²) in [5.41, 5.74) is 1.69. The fourth-order valence-electron chi connectivity index (χ4n) is 2.16. The number of halogens is 1. The van der Waals surface area contributed by atoms with E-state index in [1.54, 1.807) is 6.07 Å². The summed E-state index contributed by atoms with van der Waals surface area (Å²) in [4.78, 5) is 22.9. The van der Waals surface area contributed by atoms with Crippen LogP contribution in [-0.4, -0.2) is 35.7 Å². The molecule has 1 saturated heterocycles. The number of hydrogen-bond acceptors (Lipinski definition) is 3. The first kappa shape index (κ1) is 15.2. The van der Waals surface area contributed by atoms with Crippen molar-refractivity contribution in [2.45, 2.75) is 32.0 Å². The van der Waals surface area contributed by atoms with Gasteiger partial charge in [0.2, 0.25) is 0 Å². The van der Waals surface area contributed by atoms with Crippen LogP contribution in [0.3, 0.4) is 0 Å². The number of benzene rings is 1. The molecule has 2 rings (SSSR count). The van der Waals surface area contributed by atoms with Crippen molar-refractivity contribution in [2.24, 2.45) is 0 Å². The third-order valence-electron chi connectivity index (χ3n) is 3.31. The number of rotatable bonds is 4. The van der Waals surface area contributed by atoms with Crippen LogP contribution in [0.15, 0.2) is 18.2 Å². The van der Waals surface area contributed by atoms with E-state index in [0.717, 1.165) is 9.13 Å². The van der Waals surface area contributed by atoms with Crippen LogP contribution in [0.2, 0.25) is 0 Å². The number of aryl methyl sites for hydroxylation is 1. The van der Waals surface area contributed by atoms with Crippen molar-refractivity contribution in [3.05, 3.63) is 32.9 Å². The van der Waals surface area contributed by atoms with E-state index < -0.39 is 12.1 Å². The molecule has 20 heavy (non-hydrogen) atoms. The third-order valence-corrected chi connectivity index (χ3v) is 4.74. The van der Waals surface area contributed by atoms with Gasteiger partial charge in [-0.15, -0.1) is 0 Å². The van der Waals surface area contributed by atoms with E-state index in [2.05, 4.69) is 27.9 Å². The first-order valence-electron chi connectivity index (χ1n) is 6.40. The Morgan fingerprint density at radius 3 is 2.85 bits per heavy atom. The molecule has 1 aliphatic heterocycles. The van der Waals surface area contributed by atoms with Crippen molar-refractivity contribution >= 4 is 34.5 Å². The van der Waals surface area contributed by atoms with Crippen LogP contribution in [0.4, 0.5) is 0 Å². The number of nitrogens with one attached hydrogen (secondary N) is 1. The summed E-state index contributed by atoms with van der Waals surface area (Å²) in [7, 11) is 0. The summed E-state index contributed by atoms with van der Waals surface area (Å²) in [6.07, 6.45) is 0.193. The van der Waals surface area contributed by atoms with Crippen LogP contribution in [0.1, 0.15) is 28.8 Å². The van der Waals surface area contributed by atoms with E-state index in [0.29, 0.717) is 24.9 Å². The molecular formula is C14H16INO4. The SMILES string of the molecule is Cc1cccc(C(=O)NCC2CCC(C(=O)O)O2)c1I. The number of amides is 1. The quantitative estimate of drug-likeness (QED) is 0.773. The fraction of sp³-hybridized carbons (Fsp3) is 0.429. The summed E-state index contributed by atoms with van der Waals surface area (Å²) in [6.45, 7) is 2.29. The van der Waals surface area contributed by atoms with Crippen LogP contribution >= 0.6 is 22.6 Å². The maximum absolute atomic E-state index is 12.1. The Hall–Kier alpha value is -1.15. The molecule has 6 heteroatoms. The van der Waals surface area contributed by atoms with E-state index in [1.807, 2.05) is 19.1 Å². The summed E-state index contributed by atoms with van der Waals surface area (Å²) < 4.78 is 6.28. The standard InChI is InChI=1S/C14H16INO4/c1-8-3-2-4-10(12(8)15)13(17)16-7-9-5-6-11(20-9)14(18)19/h2-4,9,11H,5-7H2,1H3,(H,16,17)(H,18,19). The number of aliphatic carboxylic acids is 1. The lowest BCUT2D eigenvalue weighted by molar-refractivity contribution is -0.149. The van der Waals surface area contributed by atoms with Crippen molar-refractivity contribution in [2.75, 3.05) is 6.54 Å². The van der Waals surface area contributed by atoms with Gasteiger partial charge in [-0.3, -0.25) is 4.79 Å². The Labute approximate surface area is 130 Å². The summed E-state index contributed by atoms with van der Waals surface area (Å²) in [6, 6.07) is 5.58. The molecule has 1 aliphatic rings. The Kier molecular flexibility index (Phi) is 4.98. The van der Waals surface area contributed by atoms with Gasteiger partial charge >= 0.3 is 5.97 Å². The number of ether oxygens (including phenoxy) is 1. The summed E-state index contributed by atoms with van der Waals surface area (Å²) >= 11 is 2.15. The highest BCUT2D eigenvalue weighted by atomic mass is 127. The van der Waals surface area contributed by atoms with Crippen LogP contribution in [0, 0.1) is 10.5 Å². The Bertz CT molecular complexity index is 532. The van der Waals surface area contributed by atoms with Crippen molar-refractivity contribution in [1.29, 1.82) is 0 Å². The topological polar surface area (TPSA) is 75.6 Å². The van der Waals surface area contributed by atoms with Crippen LogP contribution in [0.5, 0.6) is 0 Å². The second kappa shape index (κ2) is 6.53. The molecule has 1 aromatic rings. The first-order chi connectivity index (χ1) is 9.49. The van der Waals surface area contributed by atoms with Crippen LogP contribution in [0.25, 0.3) is 0 Å². The largest absolute Gasteiger partial charge is 0.479 e. The van der Waals surface area contributed by atoms with Crippen molar-refractivity contribution in [3.63, 3.8) is 0 Å². The maximum Gasteiger partial charge on any atom is 0.332 e. The minimum atomic E-state index is -0.938. The van der Waals surface area contributed by atoms with Crippen molar-refractivity contribution in [1.82, 2.24) is 5.32 Å². The fourth-order valence-corrected chi connectivity index (χ4v) is 2.77. The molecule has 1 heterocycles. The van der Waals surface area contributed by atoms with Gasteiger partial charge in [0.15, 0.2) is 6.10 Å². The maximum atomic E-state index is 12.1. The highest BCUT2D eigenvalue weighted by Gasteiger charge is 2.30. The predicted octanol–water partition coefficient (Wildman–Crippen LogP) is 1.96. The zero-order valence-corrected chi connectivity index (χ0v) is 13.2. The molecule has 1 amide bonds. The smallest absolute Gasteiger partial charge is 0.332 e. The van der Waals surface area contributed by atoms with E-state index in [1.165, 1.54) is 0 Å². The van der Waals surface area contributed by atoms with Gasteiger partial charge in [-0.25, -0.2) is 4.79 Å². The number of carboxylic acid groups (broad SMARTS) is 1. The summed E-state index contributed by atoms with van der Waals surface area (Å²) in [5.74, 6) is -1.09. The molecule has 1 aromatic carbocycles. The highest BCUT2D eigenvalue weighted by molar-refractivity contribution is 14.1. The minimum Gasteiger partial charge on any atom is -0.479 e. The van der Waals surface area contributed by atoms with Gasteiger partial charge in [-0.1, -0.05) is 12.1 Å². The molecule has 1 fully saturated rings. The Morgan fingerprint density at radius 1 is 1.45 bits per heavy atom. The number of hydrogen-bond donors (Lipinski definition) is 2. The second-order valence-electron chi connectivity index (χ2n) is 4.81. The van der Waals surface area contributed by atoms with E-state index in [-0.39, 0.29) is 12.0 Å². The molecule has 0 aromatic heterocycles. The highest BCUT2D eigenvalue weighted by Crippen LogP contribution is 2.20. The second-order valence-corrected chi connectivity index (χ2v) is 5.89. The lowest BCUT2D eigenvalue weighted by Gasteiger charge is -2.13. The van der Waals surface area contributed by atoms with Gasteiger partial charge in [-0.05, 0) is 54.0 Å². The van der Waals surface area contributed by atoms with E-state index in [4.69, 9.17) is 9.84 Å². The number of carbonyl (C=O) groups is 2. The molecule has 5 nitrogen and oxygen atoms in total. The Morgan fingerprint density at radius 2 is 2.20 bits per heavy atom. The van der Waals surface area contributed by atoms with Crippen LogP contribution in [-0.2, 0) is 9.53 Å². The molecule has 0 bridgehead atoms. The van der Waals surface area contributed by atoms with Gasteiger partial charge in [-0.2, -0.15) is 0 Å². The lowest BCUT2D eigenvalue weighted by Crippen LogP contribution is -2.33. The molecule has 2 atom stereocenters. The Balaban J connectivity index is 1.90. The zero-order valence-electron chi connectivity index (χ0n) is 11.1. The molecular weight excluding hydrogens is 373 g/mol. The molecule has 2 unspecified atom stereocenters. The first-order valence-corrected chi connectivity index (χ1v) is 7.48. The molecule has 0 radical (unpaired) electrons. The normalized spacial score (nSPS) is 21.7. The van der Waals surface area contributed by atoms with Gasteiger partial charge in [0.05, 0.1) is 11.7 Å². The van der Waals surface area contributed by atoms with Gasteiger partial charge in [0.1, 0.15) is 0 Å². The number of carboxylic acids is 1. The predicted molar refractivity (Wildman–Crippen MR) is 81.8 cm³/mol. The van der Waals surface area contributed by atoms with Crippen molar-refractivity contribution in [3.8, 4) is 0 Å². The van der Waals surface area contributed by atoms with Gasteiger partial charge in [0, 0.05) is 10.1 Å². The summed E-state index contributed by atoms with van der Waals surface area (Å²) in [5, 5.41) is 11.6. The van der Waals surface area contributed by atoms with Crippen LogP contribution < -0.4 is 5.32 Å². The van der Waals surface area contributed by atoms with Crippen molar-refractivity contribution < 1.29 is 19.4 Å². The van der Waals surface area contributed by atoms with Gasteiger partial charge < -0.3 is 15.2 Å². The zero-order chi connectivity index (χ0) is 14.7. The minimum absolute atomic E-state index is 0.152. The van der Waals surface area contributed by atoms with Gasteiger partial charge in [0.25, 0.3) is 5.91 Å². The third kappa shape index (κ3) is 3.49. The monoisotopic (exact) mass is 389 g/mol. The molecule has 0 spiro atoms.